The molecule has 0 heterocycles. The molecular formula is C18H17F3N2O3. The van der Waals surface area contributed by atoms with Gasteiger partial charge < -0.3 is 14.9 Å². The summed E-state index contributed by atoms with van der Waals surface area (Å²) in [6.07, 6.45) is -4.45. The molecule has 0 aliphatic heterocycles. The molecule has 5 nitrogen and oxygen atoms in total. The van der Waals surface area contributed by atoms with E-state index in [-0.39, 0.29) is 18.1 Å². The van der Waals surface area contributed by atoms with E-state index in [9.17, 15) is 18.0 Å². The van der Waals surface area contributed by atoms with Crippen LogP contribution in [0.1, 0.15) is 16.7 Å². The van der Waals surface area contributed by atoms with Gasteiger partial charge in [-0.15, -0.1) is 0 Å². The molecule has 0 radical (unpaired) electrons. The van der Waals surface area contributed by atoms with Crippen LogP contribution in [0.4, 0.5) is 13.2 Å². The summed E-state index contributed by atoms with van der Waals surface area (Å²) in [6, 6.07) is 11.4. The number of halogens is 3. The number of alkyl halides is 3. The molecule has 0 saturated heterocycles. The fourth-order valence-electron chi connectivity index (χ4n) is 2.22. The number of benzene rings is 2. The van der Waals surface area contributed by atoms with Crippen molar-refractivity contribution in [3.63, 3.8) is 0 Å². The lowest BCUT2D eigenvalue weighted by molar-refractivity contribution is -0.137. The van der Waals surface area contributed by atoms with Gasteiger partial charge in [-0.3, -0.25) is 4.79 Å². The fraction of sp³-hybridized carbons (Fsp3) is 0.222. The predicted molar refractivity (Wildman–Crippen MR) is 89.8 cm³/mol. The van der Waals surface area contributed by atoms with Crippen molar-refractivity contribution in [1.29, 1.82) is 0 Å². The van der Waals surface area contributed by atoms with Crippen molar-refractivity contribution in [3.05, 3.63) is 65.2 Å². The van der Waals surface area contributed by atoms with E-state index in [4.69, 9.17) is 9.57 Å². The second-order valence-electron chi connectivity index (χ2n) is 5.17. The molecule has 0 fully saturated rings. The first-order valence-corrected chi connectivity index (χ1v) is 7.58. The zero-order valence-corrected chi connectivity index (χ0v) is 14.1. The molecule has 0 aromatic heterocycles. The number of oxime groups is 1. The minimum absolute atomic E-state index is 0.0400. The Bertz CT molecular complexity index is 804. The van der Waals surface area contributed by atoms with Gasteiger partial charge in [-0.25, -0.2) is 0 Å². The van der Waals surface area contributed by atoms with Crippen LogP contribution in [0, 0.1) is 0 Å². The van der Waals surface area contributed by atoms with Gasteiger partial charge >= 0.3 is 6.18 Å². The number of nitrogens with zero attached hydrogens (tertiary/aromatic N) is 1. The number of carbonyl (C=O) groups excluding carboxylic acids is 1. The van der Waals surface area contributed by atoms with Crippen molar-refractivity contribution in [2.75, 3.05) is 14.2 Å². The Morgan fingerprint density at radius 3 is 2.54 bits per heavy atom. The number of ether oxygens (including phenoxy) is 1. The molecular weight excluding hydrogens is 349 g/mol. The highest BCUT2D eigenvalue weighted by atomic mass is 19.4. The number of carbonyl (C=O) groups is 1. The summed E-state index contributed by atoms with van der Waals surface area (Å²) in [5.74, 6) is -0.391. The fourth-order valence-corrected chi connectivity index (χ4v) is 2.22. The molecule has 0 bridgehead atoms. The first-order chi connectivity index (χ1) is 12.4. The highest BCUT2D eigenvalue weighted by Gasteiger charge is 2.30. The molecule has 0 aliphatic rings. The van der Waals surface area contributed by atoms with Gasteiger partial charge in [0.05, 0.1) is 5.56 Å². The predicted octanol–water partition coefficient (Wildman–Crippen LogP) is 3.38. The maximum absolute atomic E-state index is 12.8. The minimum Gasteiger partial charge on any atom is -0.489 e. The van der Waals surface area contributed by atoms with Gasteiger partial charge in [0.1, 0.15) is 19.5 Å². The molecule has 0 spiro atoms. The normalized spacial score (nSPS) is 11.8. The maximum Gasteiger partial charge on any atom is 0.416 e. The van der Waals surface area contributed by atoms with Crippen LogP contribution in [-0.4, -0.2) is 25.8 Å². The molecule has 0 unspecified atom stereocenters. The number of likely N-dealkylation sites (N-methyl/N-ethyl adjacent to an activating group) is 1. The zero-order valence-electron chi connectivity index (χ0n) is 14.1. The Hall–Kier alpha value is -3.03. The number of nitrogens with one attached hydrogen (secondary N) is 1. The van der Waals surface area contributed by atoms with E-state index in [1.165, 1.54) is 26.3 Å². The van der Waals surface area contributed by atoms with Gasteiger partial charge in [0, 0.05) is 12.6 Å². The lowest BCUT2D eigenvalue weighted by Crippen LogP contribution is -2.29. The molecule has 1 N–H and O–H groups in total. The molecule has 8 heteroatoms. The van der Waals surface area contributed by atoms with E-state index in [1.54, 1.807) is 24.3 Å². The second-order valence-corrected chi connectivity index (χ2v) is 5.17. The average molecular weight is 366 g/mol. The average Bonchev–Trinajstić information content (AvgIpc) is 2.64. The first-order valence-electron chi connectivity index (χ1n) is 7.58. The summed E-state index contributed by atoms with van der Waals surface area (Å²) in [5.41, 5.74) is 0.276. The highest BCUT2D eigenvalue weighted by Crippen LogP contribution is 2.31. The van der Waals surface area contributed by atoms with Crippen molar-refractivity contribution < 1.29 is 27.5 Å². The summed E-state index contributed by atoms with van der Waals surface area (Å²) in [4.78, 5) is 16.7. The number of hydrogen-bond acceptors (Lipinski definition) is 4. The molecule has 2 rings (SSSR count). The van der Waals surface area contributed by atoms with Crippen molar-refractivity contribution in [2.45, 2.75) is 12.8 Å². The lowest BCUT2D eigenvalue weighted by atomic mass is 10.0. The summed E-state index contributed by atoms with van der Waals surface area (Å²) in [6.45, 7) is -0.0444. The third-order valence-corrected chi connectivity index (χ3v) is 3.45. The molecule has 26 heavy (non-hydrogen) atoms. The van der Waals surface area contributed by atoms with Gasteiger partial charge in [-0.05, 0) is 23.8 Å². The minimum atomic E-state index is -4.45. The van der Waals surface area contributed by atoms with Crippen molar-refractivity contribution in [3.8, 4) is 5.75 Å². The van der Waals surface area contributed by atoms with E-state index >= 15 is 0 Å². The summed E-state index contributed by atoms with van der Waals surface area (Å²) >= 11 is 0. The Labute approximate surface area is 148 Å². The zero-order chi connectivity index (χ0) is 19.2. The van der Waals surface area contributed by atoms with Crippen LogP contribution in [-0.2, 0) is 22.4 Å². The van der Waals surface area contributed by atoms with Gasteiger partial charge in [0.15, 0.2) is 5.71 Å². The van der Waals surface area contributed by atoms with Crippen molar-refractivity contribution in [2.24, 2.45) is 5.16 Å². The Morgan fingerprint density at radius 1 is 1.15 bits per heavy atom. The van der Waals surface area contributed by atoms with Gasteiger partial charge in [0.2, 0.25) is 0 Å². The number of rotatable bonds is 6. The van der Waals surface area contributed by atoms with Crippen LogP contribution in [0.15, 0.2) is 53.7 Å². The van der Waals surface area contributed by atoms with E-state index in [0.717, 1.165) is 12.1 Å². The third-order valence-electron chi connectivity index (χ3n) is 3.45. The summed E-state index contributed by atoms with van der Waals surface area (Å²) in [5, 5.41) is 6.19. The maximum atomic E-state index is 12.8. The highest BCUT2D eigenvalue weighted by molar-refractivity contribution is 6.45. The third kappa shape index (κ3) is 4.75. The smallest absolute Gasteiger partial charge is 0.416 e. The monoisotopic (exact) mass is 366 g/mol. The Balaban J connectivity index is 2.26. The van der Waals surface area contributed by atoms with Crippen LogP contribution >= 0.6 is 0 Å². The van der Waals surface area contributed by atoms with Crippen molar-refractivity contribution >= 4 is 11.6 Å². The molecule has 0 saturated carbocycles. The Morgan fingerprint density at radius 2 is 1.88 bits per heavy atom. The second kappa shape index (κ2) is 8.37. The van der Waals surface area contributed by atoms with Crippen molar-refractivity contribution in [1.82, 2.24) is 5.32 Å². The topological polar surface area (TPSA) is 59.9 Å². The standard InChI is InChI=1S/C18H17F3N2O3/c1-22-17(24)16(23-25-2)15-9-4-3-6-12(15)11-26-14-8-5-7-13(10-14)18(19,20)21/h3-10H,11H2,1-2H3,(H,22,24). The molecule has 0 aliphatic carbocycles. The van der Waals surface area contributed by atoms with E-state index in [1.807, 2.05) is 0 Å². The van der Waals surface area contributed by atoms with Gasteiger partial charge in [-0.2, -0.15) is 13.2 Å². The van der Waals surface area contributed by atoms with Crippen LogP contribution in [0.2, 0.25) is 0 Å². The Kier molecular flexibility index (Phi) is 6.21. The van der Waals surface area contributed by atoms with Crippen LogP contribution in [0.25, 0.3) is 0 Å². The van der Waals surface area contributed by atoms with Crippen LogP contribution < -0.4 is 10.1 Å². The van der Waals surface area contributed by atoms with Crippen LogP contribution in [0.3, 0.4) is 0 Å². The number of hydrogen-bond donors (Lipinski definition) is 1. The van der Waals surface area contributed by atoms with E-state index in [2.05, 4.69) is 10.5 Å². The lowest BCUT2D eigenvalue weighted by Gasteiger charge is -2.13. The quantitative estimate of drug-likeness (QED) is 0.630. The largest absolute Gasteiger partial charge is 0.489 e. The summed E-state index contributed by atoms with van der Waals surface area (Å²) in [7, 11) is 2.76. The van der Waals surface area contributed by atoms with Gasteiger partial charge in [0.25, 0.3) is 5.91 Å². The summed E-state index contributed by atoms with van der Waals surface area (Å²) < 4.78 is 43.8. The van der Waals surface area contributed by atoms with Gasteiger partial charge in [-0.1, -0.05) is 35.5 Å². The van der Waals surface area contributed by atoms with Crippen LogP contribution in [0.5, 0.6) is 5.75 Å². The number of amides is 1. The SMILES string of the molecule is CNC(=O)C(=NOC)c1ccccc1COc1cccc(C(F)(F)F)c1. The van der Waals surface area contributed by atoms with E-state index in [0.29, 0.717) is 11.1 Å². The first kappa shape index (κ1) is 19.3. The molecule has 1 amide bonds. The molecule has 0 atom stereocenters. The molecule has 2 aromatic carbocycles. The molecule has 138 valence electrons. The molecule has 2 aromatic rings. The van der Waals surface area contributed by atoms with E-state index < -0.39 is 17.6 Å².